The van der Waals surface area contributed by atoms with Crippen LogP contribution in [-0.4, -0.2) is 22.0 Å². The number of anilines is 2. The van der Waals surface area contributed by atoms with Crippen molar-refractivity contribution in [3.8, 4) is 11.5 Å². The molecule has 0 fully saturated rings. The van der Waals surface area contributed by atoms with Crippen LogP contribution in [0.25, 0.3) is 11.0 Å². The second kappa shape index (κ2) is 8.89. The number of rotatable bonds is 5. The summed E-state index contributed by atoms with van der Waals surface area (Å²) in [6, 6.07) is 17.2. The molecular weight excluding hydrogens is 479 g/mol. The maximum absolute atomic E-state index is 12.9. The van der Waals surface area contributed by atoms with Crippen molar-refractivity contribution >= 4 is 51.5 Å². The van der Waals surface area contributed by atoms with Gasteiger partial charge >= 0.3 is 11.1 Å². The van der Waals surface area contributed by atoms with Crippen LogP contribution in [0.4, 0.5) is 11.4 Å². The molecule has 4 aromatic rings. The molecule has 2 heterocycles. The lowest BCUT2D eigenvalue weighted by atomic mass is 10.1. The summed E-state index contributed by atoms with van der Waals surface area (Å²) in [5.74, 6) is 0.915. The number of hydrogen-bond acceptors (Lipinski definition) is 5. The number of carbonyl (C=O) groups excluding carboxylic acids is 1. The van der Waals surface area contributed by atoms with E-state index in [4.69, 9.17) is 27.9 Å². The number of halogens is 2. The molecule has 34 heavy (non-hydrogen) atoms. The number of nitrogens with one attached hydrogen (secondary N) is 3. The zero-order valence-corrected chi connectivity index (χ0v) is 19.1. The maximum atomic E-state index is 12.9. The predicted molar refractivity (Wildman–Crippen MR) is 133 cm³/mol. The van der Waals surface area contributed by atoms with E-state index in [9.17, 15) is 14.4 Å². The summed E-state index contributed by atoms with van der Waals surface area (Å²) in [4.78, 5) is 40.4. The summed E-state index contributed by atoms with van der Waals surface area (Å²) in [5.41, 5.74) is 0.194. The Bertz CT molecular complexity index is 1530. The van der Waals surface area contributed by atoms with Gasteiger partial charge in [-0.3, -0.25) is 19.0 Å². The number of para-hydroxylation sites is 1. The van der Waals surface area contributed by atoms with Crippen LogP contribution in [0, 0.1) is 0 Å². The van der Waals surface area contributed by atoms with Gasteiger partial charge in [0.25, 0.3) is 0 Å². The standard InChI is InChI=1S/C24H18Cl2N4O4/c25-17-11-18-22-21(20(17)26)27-12-14(30(22)24(33)23(32)29-18)10-19(31)28-13-5-4-8-16(9-13)34-15-6-2-1-3-7-15/h1-9,11,14,27H,10,12H2,(H,28,31)(H,29,32). The molecule has 1 aromatic heterocycles. The quantitative estimate of drug-likeness (QED) is 0.344. The average molecular weight is 497 g/mol. The van der Waals surface area contributed by atoms with Crippen molar-refractivity contribution in [3.05, 3.63) is 91.4 Å². The highest BCUT2D eigenvalue weighted by atomic mass is 35.5. The highest BCUT2D eigenvalue weighted by Gasteiger charge is 2.28. The first kappa shape index (κ1) is 22.1. The average Bonchev–Trinajstić information content (AvgIpc) is 2.82. The van der Waals surface area contributed by atoms with Gasteiger partial charge in [0.1, 0.15) is 11.5 Å². The summed E-state index contributed by atoms with van der Waals surface area (Å²) >= 11 is 12.5. The largest absolute Gasteiger partial charge is 0.457 e. The summed E-state index contributed by atoms with van der Waals surface area (Å²) in [6.07, 6.45) is -0.0467. The van der Waals surface area contributed by atoms with E-state index in [1.807, 2.05) is 30.3 Å². The summed E-state index contributed by atoms with van der Waals surface area (Å²) in [6.45, 7) is 0.218. The van der Waals surface area contributed by atoms with Crippen molar-refractivity contribution in [2.45, 2.75) is 12.5 Å². The molecule has 1 aliphatic heterocycles. The second-order valence-electron chi connectivity index (χ2n) is 7.80. The van der Waals surface area contributed by atoms with Gasteiger partial charge in [-0.25, -0.2) is 0 Å². The van der Waals surface area contributed by atoms with Crippen molar-refractivity contribution in [1.29, 1.82) is 0 Å². The lowest BCUT2D eigenvalue weighted by Gasteiger charge is -2.29. The van der Waals surface area contributed by atoms with E-state index >= 15 is 0 Å². The van der Waals surface area contributed by atoms with Gasteiger partial charge < -0.3 is 20.4 Å². The first-order chi connectivity index (χ1) is 16.4. The van der Waals surface area contributed by atoms with E-state index in [0.29, 0.717) is 33.9 Å². The Morgan fingerprint density at radius 1 is 1.06 bits per heavy atom. The first-order valence-electron chi connectivity index (χ1n) is 10.4. The number of hydrogen-bond donors (Lipinski definition) is 3. The SMILES string of the molecule is O=C(CC1CNc2c(Cl)c(Cl)cc3[nH]c(=O)c(=O)n1c23)Nc1cccc(Oc2ccccc2)c1. The molecule has 3 N–H and O–H groups in total. The Hall–Kier alpha value is -3.75. The molecule has 1 unspecified atom stereocenters. The van der Waals surface area contributed by atoms with E-state index < -0.39 is 17.2 Å². The highest BCUT2D eigenvalue weighted by Crippen LogP contribution is 2.39. The Morgan fingerprint density at radius 3 is 2.62 bits per heavy atom. The minimum absolute atomic E-state index is 0.0467. The monoisotopic (exact) mass is 496 g/mol. The van der Waals surface area contributed by atoms with Crippen LogP contribution in [0.15, 0.2) is 70.3 Å². The molecule has 3 aromatic carbocycles. The van der Waals surface area contributed by atoms with Crippen LogP contribution >= 0.6 is 23.2 Å². The number of ether oxygens (including phenoxy) is 1. The van der Waals surface area contributed by atoms with Crippen molar-refractivity contribution < 1.29 is 9.53 Å². The van der Waals surface area contributed by atoms with Crippen LogP contribution in [0.2, 0.25) is 10.0 Å². The number of aromatic amines is 1. The van der Waals surface area contributed by atoms with Gasteiger partial charge in [0, 0.05) is 24.7 Å². The van der Waals surface area contributed by atoms with Crippen molar-refractivity contribution in [1.82, 2.24) is 9.55 Å². The molecule has 8 nitrogen and oxygen atoms in total. The fraction of sp³-hybridized carbons (Fsp3) is 0.125. The molecule has 0 bridgehead atoms. The predicted octanol–water partition coefficient (Wildman–Crippen LogP) is 4.78. The Morgan fingerprint density at radius 2 is 1.82 bits per heavy atom. The van der Waals surface area contributed by atoms with E-state index in [2.05, 4.69) is 15.6 Å². The minimum Gasteiger partial charge on any atom is -0.457 e. The lowest BCUT2D eigenvalue weighted by Crippen LogP contribution is -2.43. The number of nitrogens with zero attached hydrogens (tertiary/aromatic N) is 1. The summed E-state index contributed by atoms with van der Waals surface area (Å²) in [5, 5.41) is 6.46. The molecule has 0 saturated heterocycles. The highest BCUT2D eigenvalue weighted by molar-refractivity contribution is 6.45. The van der Waals surface area contributed by atoms with Gasteiger partial charge in [0.05, 0.1) is 32.8 Å². The van der Waals surface area contributed by atoms with E-state index in [-0.39, 0.29) is 28.9 Å². The minimum atomic E-state index is -0.796. The van der Waals surface area contributed by atoms with Gasteiger partial charge in [-0.15, -0.1) is 0 Å². The second-order valence-corrected chi connectivity index (χ2v) is 8.59. The van der Waals surface area contributed by atoms with Crippen LogP contribution in [0.5, 0.6) is 11.5 Å². The smallest absolute Gasteiger partial charge is 0.317 e. The summed E-state index contributed by atoms with van der Waals surface area (Å²) in [7, 11) is 0. The Kier molecular flexibility index (Phi) is 5.77. The molecular formula is C24H18Cl2N4O4. The Balaban J connectivity index is 1.40. The van der Waals surface area contributed by atoms with Gasteiger partial charge in [-0.05, 0) is 30.3 Å². The van der Waals surface area contributed by atoms with Crippen LogP contribution in [-0.2, 0) is 4.79 Å². The maximum Gasteiger partial charge on any atom is 0.317 e. The molecule has 1 aliphatic rings. The van der Waals surface area contributed by atoms with Gasteiger partial charge in [0.15, 0.2) is 0 Å². The zero-order valence-electron chi connectivity index (χ0n) is 17.6. The van der Waals surface area contributed by atoms with Gasteiger partial charge in [0.2, 0.25) is 5.91 Å². The molecule has 1 atom stereocenters. The molecule has 1 amide bonds. The third-order valence-corrected chi connectivity index (χ3v) is 6.28. The third kappa shape index (κ3) is 4.13. The molecule has 172 valence electrons. The normalized spacial score (nSPS) is 14.5. The van der Waals surface area contributed by atoms with Crippen molar-refractivity contribution in [2.75, 3.05) is 17.2 Å². The number of aromatic nitrogens is 2. The van der Waals surface area contributed by atoms with E-state index in [1.165, 1.54) is 10.6 Å². The van der Waals surface area contributed by atoms with Crippen molar-refractivity contribution in [3.63, 3.8) is 0 Å². The molecule has 0 radical (unpaired) electrons. The topological polar surface area (TPSA) is 105 Å². The lowest BCUT2D eigenvalue weighted by molar-refractivity contribution is -0.116. The third-order valence-electron chi connectivity index (χ3n) is 5.49. The number of benzene rings is 3. The van der Waals surface area contributed by atoms with Crippen LogP contribution in [0.1, 0.15) is 12.5 Å². The fourth-order valence-electron chi connectivity index (χ4n) is 4.02. The molecule has 0 aliphatic carbocycles. The molecule has 0 saturated carbocycles. The number of H-pyrrole nitrogens is 1. The van der Waals surface area contributed by atoms with Gasteiger partial charge in [-0.2, -0.15) is 0 Å². The first-order valence-corrected chi connectivity index (χ1v) is 11.2. The van der Waals surface area contributed by atoms with Crippen molar-refractivity contribution in [2.24, 2.45) is 0 Å². The Labute approximate surface area is 203 Å². The summed E-state index contributed by atoms with van der Waals surface area (Å²) < 4.78 is 7.13. The van der Waals surface area contributed by atoms with Crippen LogP contribution in [0.3, 0.4) is 0 Å². The number of amides is 1. The molecule has 0 spiro atoms. The van der Waals surface area contributed by atoms with Gasteiger partial charge in [-0.1, -0.05) is 47.5 Å². The molecule has 10 heteroatoms. The fourth-order valence-corrected chi connectivity index (χ4v) is 4.44. The van der Waals surface area contributed by atoms with E-state index in [1.54, 1.807) is 24.3 Å². The molecule has 5 rings (SSSR count). The van der Waals surface area contributed by atoms with E-state index in [0.717, 1.165) is 0 Å². The van der Waals surface area contributed by atoms with Crippen LogP contribution < -0.4 is 26.5 Å². The number of carbonyl (C=O) groups is 1. The zero-order chi connectivity index (χ0) is 23.8.